The predicted molar refractivity (Wildman–Crippen MR) is 245 cm³/mol. The highest BCUT2D eigenvalue weighted by Crippen LogP contribution is 2.41. The van der Waals surface area contributed by atoms with Crippen LogP contribution < -0.4 is 4.57 Å². The van der Waals surface area contributed by atoms with Crippen molar-refractivity contribution in [3.05, 3.63) is 224 Å². The average Bonchev–Trinajstić information content (AvgIpc) is 3.72. The van der Waals surface area contributed by atoms with Crippen LogP contribution in [-0.2, 0) is 0 Å². The summed E-state index contributed by atoms with van der Waals surface area (Å²) in [5, 5.41) is 3.43. The van der Waals surface area contributed by atoms with E-state index in [0.717, 1.165) is 72.3 Å². The van der Waals surface area contributed by atoms with Crippen molar-refractivity contribution in [1.82, 2.24) is 9.97 Å². The number of fused-ring (bicyclic) bond motifs is 4. The highest BCUT2D eigenvalue weighted by Gasteiger charge is 2.22. The number of nitrogens with zero attached hydrogens (tertiary/aromatic N) is 2. The summed E-state index contributed by atoms with van der Waals surface area (Å²) in [6, 6.07) is 80.3. The van der Waals surface area contributed by atoms with E-state index in [4.69, 9.17) is 4.98 Å². The van der Waals surface area contributed by atoms with Gasteiger partial charge in [0.05, 0.1) is 16.8 Å². The van der Waals surface area contributed by atoms with Crippen molar-refractivity contribution in [2.75, 3.05) is 0 Å². The van der Waals surface area contributed by atoms with Crippen molar-refractivity contribution in [3.8, 4) is 72.8 Å². The molecule has 2 heterocycles. The van der Waals surface area contributed by atoms with Crippen LogP contribution in [-0.4, -0.2) is 9.97 Å². The zero-order valence-electron chi connectivity index (χ0n) is 32.3. The average molecular weight is 753 g/mol. The van der Waals surface area contributed by atoms with Gasteiger partial charge in [-0.1, -0.05) is 176 Å². The first-order valence-corrected chi connectivity index (χ1v) is 20.1. The fourth-order valence-corrected chi connectivity index (χ4v) is 8.55. The molecule has 0 aliphatic heterocycles. The van der Waals surface area contributed by atoms with Crippen molar-refractivity contribution in [3.63, 3.8) is 0 Å². The number of rotatable bonds is 7. The number of hydrogen-bond acceptors (Lipinski definition) is 1. The van der Waals surface area contributed by atoms with Gasteiger partial charge in [0.15, 0.2) is 11.0 Å². The van der Waals surface area contributed by atoms with Crippen molar-refractivity contribution in [2.24, 2.45) is 0 Å². The molecule has 0 saturated heterocycles. The van der Waals surface area contributed by atoms with Gasteiger partial charge in [-0.05, 0) is 98.4 Å². The molecule has 0 spiro atoms. The molecule has 11 aromatic rings. The minimum absolute atomic E-state index is 0.951. The summed E-state index contributed by atoms with van der Waals surface area (Å²) < 4.78 is 2.31. The molecule has 2 aromatic heterocycles. The first kappa shape index (κ1) is 34.4. The van der Waals surface area contributed by atoms with Crippen molar-refractivity contribution in [1.29, 1.82) is 0 Å². The summed E-state index contributed by atoms with van der Waals surface area (Å²) in [6.45, 7) is 0. The largest absolute Gasteiger partial charge is 0.292 e. The Balaban J connectivity index is 1.07. The molecule has 0 unspecified atom stereocenters. The predicted octanol–water partition coefficient (Wildman–Crippen LogP) is 14.1. The maximum absolute atomic E-state index is 5.47. The number of benzene rings is 9. The number of nitrogens with one attached hydrogen (secondary N) is 1. The fraction of sp³-hybridized carbons (Fsp3) is 0. The van der Waals surface area contributed by atoms with Crippen LogP contribution >= 0.6 is 0 Å². The molecule has 59 heavy (non-hydrogen) atoms. The van der Waals surface area contributed by atoms with Crippen LogP contribution in [0.2, 0.25) is 0 Å². The zero-order chi connectivity index (χ0) is 39.1. The van der Waals surface area contributed by atoms with Gasteiger partial charge in [0.25, 0.3) is 5.82 Å². The van der Waals surface area contributed by atoms with E-state index >= 15 is 0 Å². The lowest BCUT2D eigenvalue weighted by molar-refractivity contribution is -0.554. The topological polar surface area (TPSA) is 32.6 Å². The highest BCUT2D eigenvalue weighted by molar-refractivity contribution is 6.16. The lowest BCUT2D eigenvalue weighted by Gasteiger charge is -2.16. The molecule has 1 N–H and O–H groups in total. The summed E-state index contributed by atoms with van der Waals surface area (Å²) in [5.41, 5.74) is 16.9. The van der Waals surface area contributed by atoms with E-state index in [0.29, 0.717) is 0 Å². The van der Waals surface area contributed by atoms with Crippen molar-refractivity contribution >= 4 is 32.7 Å². The Kier molecular flexibility index (Phi) is 8.49. The van der Waals surface area contributed by atoms with Gasteiger partial charge in [0, 0.05) is 16.3 Å². The lowest BCUT2D eigenvalue weighted by Crippen LogP contribution is -2.31. The molecule has 3 heteroatoms. The van der Waals surface area contributed by atoms with Crippen LogP contribution in [0.15, 0.2) is 224 Å². The second-order valence-corrected chi connectivity index (χ2v) is 15.0. The van der Waals surface area contributed by atoms with E-state index < -0.39 is 0 Å². The van der Waals surface area contributed by atoms with Gasteiger partial charge >= 0.3 is 0 Å². The number of pyridine rings is 1. The lowest BCUT2D eigenvalue weighted by atomic mass is 9.90. The van der Waals surface area contributed by atoms with Gasteiger partial charge in [-0.15, -0.1) is 0 Å². The summed E-state index contributed by atoms with van der Waals surface area (Å²) in [5.74, 6) is 1.04. The highest BCUT2D eigenvalue weighted by atomic mass is 15.1. The third-order valence-electron chi connectivity index (χ3n) is 11.5. The van der Waals surface area contributed by atoms with E-state index in [9.17, 15) is 0 Å². The molecule has 0 saturated carbocycles. The third-order valence-corrected chi connectivity index (χ3v) is 11.5. The molecule has 3 nitrogen and oxygen atoms in total. The van der Waals surface area contributed by atoms with E-state index in [1.807, 2.05) is 0 Å². The fourth-order valence-electron chi connectivity index (χ4n) is 8.55. The quantitative estimate of drug-likeness (QED) is 0.128. The number of para-hydroxylation sites is 3. The summed E-state index contributed by atoms with van der Waals surface area (Å²) in [4.78, 5) is 9.18. The van der Waals surface area contributed by atoms with Gasteiger partial charge in [-0.2, -0.15) is 4.57 Å². The third kappa shape index (κ3) is 6.26. The Morgan fingerprint density at radius 1 is 0.339 bits per heavy atom. The molecule has 0 bridgehead atoms. The van der Waals surface area contributed by atoms with Crippen LogP contribution in [0.5, 0.6) is 0 Å². The zero-order valence-corrected chi connectivity index (χ0v) is 32.3. The van der Waals surface area contributed by atoms with Crippen LogP contribution in [0, 0.1) is 0 Å². The van der Waals surface area contributed by atoms with Crippen LogP contribution in [0.3, 0.4) is 0 Å². The second kappa shape index (κ2) is 14.6. The second-order valence-electron chi connectivity index (χ2n) is 15.0. The van der Waals surface area contributed by atoms with Crippen molar-refractivity contribution in [2.45, 2.75) is 0 Å². The number of hydrogen-bond donors (Lipinski definition) is 1. The molecular formula is C56H38N3+. The summed E-state index contributed by atoms with van der Waals surface area (Å²) in [6.07, 6.45) is 0. The smallest absolute Gasteiger partial charge is 0.247 e. The standard InChI is InChI=1S/C56H37N3/c1-4-14-38(15-5-1)40-24-28-43(29-25-40)50-37-53(44-32-26-41(27-33-44)39-16-6-2-7-17-39)57-55-48-21-11-10-20-47(48)49(36-51(50)55)42-30-34-45(35-31-42)56-58-52-22-12-13-23-54(52)59(56)46-18-8-3-9-19-46/h1-37H/p+1. The summed E-state index contributed by atoms with van der Waals surface area (Å²) in [7, 11) is 0. The number of H-pyrrole nitrogens is 1. The van der Waals surface area contributed by atoms with Crippen LogP contribution in [0.1, 0.15) is 0 Å². The molecule has 0 atom stereocenters. The van der Waals surface area contributed by atoms with Crippen molar-refractivity contribution < 1.29 is 4.57 Å². The van der Waals surface area contributed by atoms with Crippen LogP contribution in [0.4, 0.5) is 0 Å². The Bertz CT molecular complexity index is 3260. The van der Waals surface area contributed by atoms with Gasteiger partial charge in [0.1, 0.15) is 5.69 Å². The Hall–Kier alpha value is -7.88. The van der Waals surface area contributed by atoms with Crippen LogP contribution in [0.25, 0.3) is 106 Å². The molecule has 276 valence electrons. The maximum atomic E-state index is 5.47. The minimum Gasteiger partial charge on any atom is -0.247 e. The number of imidazole rings is 1. The Morgan fingerprint density at radius 2 is 0.797 bits per heavy atom. The SMILES string of the molecule is c1ccc(-c2ccc(-c3cc(-c4ccc(-c5ccccc5)cc4)c4cc(-c5ccc(-c6[nH]c7ccccc7[n+]6-c6ccccc6)cc5)c5ccccc5c4n3)cc2)cc1. The normalized spacial score (nSPS) is 11.4. The maximum Gasteiger partial charge on any atom is 0.292 e. The number of aromatic nitrogens is 3. The first-order chi connectivity index (χ1) is 29.2. The first-order valence-electron chi connectivity index (χ1n) is 20.1. The monoisotopic (exact) mass is 752 g/mol. The van der Waals surface area contributed by atoms with E-state index in [1.165, 1.54) is 33.2 Å². The Labute approximate surface area is 343 Å². The van der Waals surface area contributed by atoms with Gasteiger partial charge in [-0.3, -0.25) is 0 Å². The molecule has 11 rings (SSSR count). The molecule has 0 radical (unpaired) electrons. The molecule has 0 aliphatic carbocycles. The molecule has 0 aliphatic rings. The number of aromatic amines is 1. The van der Waals surface area contributed by atoms with Gasteiger partial charge in [-0.25, -0.2) is 9.97 Å². The van der Waals surface area contributed by atoms with E-state index in [-0.39, 0.29) is 0 Å². The Morgan fingerprint density at radius 3 is 1.42 bits per heavy atom. The summed E-state index contributed by atoms with van der Waals surface area (Å²) >= 11 is 0. The van der Waals surface area contributed by atoms with Gasteiger partial charge < -0.3 is 0 Å². The molecule has 0 amide bonds. The molecule has 9 aromatic carbocycles. The van der Waals surface area contributed by atoms with Gasteiger partial charge in [0.2, 0.25) is 0 Å². The molecule has 0 fully saturated rings. The van der Waals surface area contributed by atoms with E-state index in [1.54, 1.807) is 0 Å². The minimum atomic E-state index is 0.951. The van der Waals surface area contributed by atoms with E-state index in [2.05, 4.69) is 234 Å². The molecular weight excluding hydrogens is 715 g/mol.